The van der Waals surface area contributed by atoms with Crippen molar-refractivity contribution in [1.82, 2.24) is 14.4 Å². The van der Waals surface area contributed by atoms with Crippen molar-refractivity contribution < 1.29 is 12.9 Å². The van der Waals surface area contributed by atoms with Crippen LogP contribution in [0.4, 0.5) is 0 Å². The second kappa shape index (κ2) is 7.83. The van der Waals surface area contributed by atoms with Crippen LogP contribution in [0, 0.1) is 0 Å². The van der Waals surface area contributed by atoms with Gasteiger partial charge in [-0.15, -0.1) is 0 Å². The first-order valence-corrected chi connectivity index (χ1v) is 11.0. The minimum absolute atomic E-state index is 0.115. The van der Waals surface area contributed by atoms with Crippen molar-refractivity contribution >= 4 is 33.2 Å². The number of piperidine rings is 1. The van der Waals surface area contributed by atoms with Gasteiger partial charge < -0.3 is 4.52 Å². The summed E-state index contributed by atoms with van der Waals surface area (Å²) in [5.74, 6) is 0.723. The molecule has 2 aromatic carbocycles. The van der Waals surface area contributed by atoms with Crippen LogP contribution in [0.1, 0.15) is 24.7 Å². The molecule has 0 amide bonds. The van der Waals surface area contributed by atoms with E-state index in [-0.39, 0.29) is 22.4 Å². The number of hydrogen-bond acceptors (Lipinski definition) is 5. The van der Waals surface area contributed by atoms with E-state index >= 15 is 0 Å². The number of rotatable bonds is 4. The molecule has 1 atom stereocenters. The van der Waals surface area contributed by atoms with Gasteiger partial charge in [0.1, 0.15) is 4.90 Å². The van der Waals surface area contributed by atoms with E-state index in [9.17, 15) is 8.42 Å². The van der Waals surface area contributed by atoms with Crippen molar-refractivity contribution in [3.63, 3.8) is 0 Å². The molecule has 1 aromatic heterocycles. The van der Waals surface area contributed by atoms with Crippen LogP contribution < -0.4 is 0 Å². The molecule has 0 saturated carbocycles. The molecule has 0 spiro atoms. The van der Waals surface area contributed by atoms with E-state index in [1.807, 2.05) is 12.1 Å². The predicted molar refractivity (Wildman–Crippen MR) is 107 cm³/mol. The van der Waals surface area contributed by atoms with Gasteiger partial charge in [0.25, 0.3) is 0 Å². The van der Waals surface area contributed by atoms with Gasteiger partial charge in [-0.3, -0.25) is 0 Å². The Morgan fingerprint density at radius 2 is 1.82 bits per heavy atom. The fourth-order valence-electron chi connectivity index (χ4n) is 3.27. The topological polar surface area (TPSA) is 76.3 Å². The predicted octanol–water partition coefficient (Wildman–Crippen LogP) is 4.61. The molecule has 2 heterocycles. The lowest BCUT2D eigenvalue weighted by atomic mass is 10.00. The number of benzene rings is 2. The molecule has 146 valence electrons. The van der Waals surface area contributed by atoms with Crippen LogP contribution in [0.3, 0.4) is 0 Å². The number of halogens is 2. The smallest absolute Gasteiger partial charge is 0.244 e. The lowest BCUT2D eigenvalue weighted by molar-refractivity contribution is 0.265. The van der Waals surface area contributed by atoms with Gasteiger partial charge >= 0.3 is 0 Å². The Bertz CT molecular complexity index is 1080. The van der Waals surface area contributed by atoms with Gasteiger partial charge in [0, 0.05) is 23.7 Å². The highest BCUT2D eigenvalue weighted by Gasteiger charge is 2.34. The van der Waals surface area contributed by atoms with Crippen molar-refractivity contribution in [2.45, 2.75) is 23.7 Å². The molecule has 9 heteroatoms. The van der Waals surface area contributed by atoms with Crippen molar-refractivity contribution in [2.24, 2.45) is 0 Å². The zero-order chi connectivity index (χ0) is 19.7. The lowest BCUT2D eigenvalue weighted by Crippen LogP contribution is -2.39. The maximum atomic E-state index is 13.0. The first-order chi connectivity index (χ1) is 13.4. The molecule has 28 heavy (non-hydrogen) atoms. The van der Waals surface area contributed by atoms with E-state index in [0.29, 0.717) is 29.7 Å². The van der Waals surface area contributed by atoms with E-state index in [4.69, 9.17) is 27.7 Å². The van der Waals surface area contributed by atoms with E-state index in [0.717, 1.165) is 12.0 Å². The molecule has 0 N–H and O–H groups in total. The van der Waals surface area contributed by atoms with Crippen LogP contribution >= 0.6 is 23.2 Å². The molecule has 1 fully saturated rings. The SMILES string of the molecule is O=S(=O)(c1ccccc1Cl)N1CCC[C@H](c2nc(-c3ccc(Cl)cc3)no2)C1. The monoisotopic (exact) mass is 437 g/mol. The van der Waals surface area contributed by atoms with Crippen LogP contribution in [-0.4, -0.2) is 36.0 Å². The van der Waals surface area contributed by atoms with Gasteiger partial charge in [0.05, 0.1) is 10.9 Å². The summed E-state index contributed by atoms with van der Waals surface area (Å²) >= 11 is 12.0. The fourth-order valence-corrected chi connectivity index (χ4v) is 5.42. The Balaban J connectivity index is 1.56. The Morgan fingerprint density at radius 3 is 2.57 bits per heavy atom. The average molecular weight is 438 g/mol. The highest BCUT2D eigenvalue weighted by Crippen LogP contribution is 2.32. The Kier molecular flexibility index (Phi) is 5.42. The zero-order valence-corrected chi connectivity index (χ0v) is 17.1. The summed E-state index contributed by atoms with van der Waals surface area (Å²) in [6.45, 7) is 0.706. The maximum Gasteiger partial charge on any atom is 0.244 e. The highest BCUT2D eigenvalue weighted by molar-refractivity contribution is 7.89. The van der Waals surface area contributed by atoms with Gasteiger partial charge in [-0.2, -0.15) is 9.29 Å². The van der Waals surface area contributed by atoms with Gasteiger partial charge in [0.15, 0.2) is 0 Å². The molecule has 0 bridgehead atoms. The molecule has 0 radical (unpaired) electrons. The second-order valence-corrected chi connectivity index (χ2v) is 9.35. The van der Waals surface area contributed by atoms with Crippen molar-refractivity contribution in [1.29, 1.82) is 0 Å². The van der Waals surface area contributed by atoms with Gasteiger partial charge in [0.2, 0.25) is 21.7 Å². The molecule has 1 aliphatic heterocycles. The number of sulfonamides is 1. The van der Waals surface area contributed by atoms with Crippen molar-refractivity contribution in [2.75, 3.05) is 13.1 Å². The first kappa shape index (κ1) is 19.4. The largest absolute Gasteiger partial charge is 0.339 e. The molecule has 3 aromatic rings. The number of aromatic nitrogens is 2. The van der Waals surface area contributed by atoms with E-state index < -0.39 is 10.0 Å². The van der Waals surface area contributed by atoms with Crippen LogP contribution in [0.25, 0.3) is 11.4 Å². The first-order valence-electron chi connectivity index (χ1n) is 8.79. The number of nitrogens with zero attached hydrogens (tertiary/aromatic N) is 3. The minimum Gasteiger partial charge on any atom is -0.339 e. The molecule has 1 saturated heterocycles. The quantitative estimate of drug-likeness (QED) is 0.595. The molecular weight excluding hydrogens is 421 g/mol. The van der Waals surface area contributed by atoms with Gasteiger partial charge in [-0.1, -0.05) is 40.5 Å². The maximum absolute atomic E-state index is 13.0. The molecular formula is C19H17Cl2N3O3S. The summed E-state index contributed by atoms with van der Waals surface area (Å²) in [6, 6.07) is 13.6. The van der Waals surface area contributed by atoms with Crippen molar-refractivity contribution in [3.8, 4) is 11.4 Å². The average Bonchev–Trinajstić information content (AvgIpc) is 3.19. The highest BCUT2D eigenvalue weighted by atomic mass is 35.5. The molecule has 6 nitrogen and oxygen atoms in total. The van der Waals surface area contributed by atoms with Crippen molar-refractivity contribution in [3.05, 3.63) is 64.5 Å². The molecule has 1 aliphatic rings. The Labute approximate surface area is 173 Å². The standard InChI is InChI=1S/C19H17Cl2N3O3S/c20-15-9-7-13(8-10-15)18-22-19(27-23-18)14-4-3-11-24(12-14)28(25,26)17-6-2-1-5-16(17)21/h1-2,5-10,14H,3-4,11-12H2/t14-/m0/s1. The summed E-state index contributed by atoms with van der Waals surface area (Å²) in [5.41, 5.74) is 0.788. The van der Waals surface area contributed by atoms with Crippen LogP contribution in [0.2, 0.25) is 10.0 Å². The lowest BCUT2D eigenvalue weighted by Gasteiger charge is -2.30. The van der Waals surface area contributed by atoms with Gasteiger partial charge in [-0.25, -0.2) is 8.42 Å². The normalized spacial score (nSPS) is 18.3. The van der Waals surface area contributed by atoms with Crippen LogP contribution in [0.5, 0.6) is 0 Å². The van der Waals surface area contributed by atoms with E-state index in [1.165, 1.54) is 10.4 Å². The summed E-state index contributed by atoms with van der Waals surface area (Å²) in [6.07, 6.45) is 1.48. The Hall–Kier alpha value is -1.93. The third-order valence-corrected chi connectivity index (χ3v) is 7.35. The summed E-state index contributed by atoms with van der Waals surface area (Å²) in [5, 5.41) is 4.87. The van der Waals surface area contributed by atoms with E-state index in [1.54, 1.807) is 30.3 Å². The molecule has 4 rings (SSSR count). The molecule has 0 unspecified atom stereocenters. The third-order valence-electron chi connectivity index (χ3n) is 4.73. The van der Waals surface area contributed by atoms with Crippen LogP contribution in [-0.2, 0) is 10.0 Å². The molecule has 0 aliphatic carbocycles. The van der Waals surface area contributed by atoms with Crippen LogP contribution in [0.15, 0.2) is 57.9 Å². The zero-order valence-electron chi connectivity index (χ0n) is 14.8. The van der Waals surface area contributed by atoms with Gasteiger partial charge in [-0.05, 0) is 49.2 Å². The Morgan fingerprint density at radius 1 is 1.07 bits per heavy atom. The summed E-state index contributed by atoms with van der Waals surface area (Å²) < 4.78 is 32.9. The summed E-state index contributed by atoms with van der Waals surface area (Å²) in [4.78, 5) is 4.59. The number of hydrogen-bond donors (Lipinski definition) is 0. The second-order valence-electron chi connectivity index (χ2n) is 6.60. The van der Waals surface area contributed by atoms with E-state index in [2.05, 4.69) is 10.1 Å². The fraction of sp³-hybridized carbons (Fsp3) is 0.263. The minimum atomic E-state index is -3.69. The summed E-state index contributed by atoms with van der Waals surface area (Å²) in [7, 11) is -3.69. The third kappa shape index (κ3) is 3.80.